The number of aromatic nitrogens is 1. The molecule has 2 fully saturated rings. The molecular weight excluding hydrogens is 376 g/mol. The van der Waals surface area contributed by atoms with Crippen molar-refractivity contribution in [1.82, 2.24) is 20.1 Å². The van der Waals surface area contributed by atoms with Gasteiger partial charge in [0.1, 0.15) is 5.69 Å². The lowest BCUT2D eigenvalue weighted by Gasteiger charge is -2.32. The smallest absolute Gasteiger partial charge is 0.270 e. The summed E-state index contributed by atoms with van der Waals surface area (Å²) in [4.78, 5) is 32.8. The Kier molecular flexibility index (Phi) is 8.37. The first kappa shape index (κ1) is 22.9. The largest absolute Gasteiger partial charge is 0.356 e. The summed E-state index contributed by atoms with van der Waals surface area (Å²) in [6, 6.07) is 2.55. The van der Waals surface area contributed by atoms with E-state index in [0.717, 1.165) is 50.2 Å². The van der Waals surface area contributed by atoms with Gasteiger partial charge in [0.05, 0.1) is 0 Å². The van der Waals surface area contributed by atoms with E-state index in [4.69, 9.17) is 0 Å². The van der Waals surface area contributed by atoms with Crippen molar-refractivity contribution in [3.05, 3.63) is 23.0 Å². The molecule has 3 heterocycles. The van der Waals surface area contributed by atoms with E-state index in [0.29, 0.717) is 24.1 Å². The molecule has 0 bridgehead atoms. The Labute approximate surface area is 181 Å². The summed E-state index contributed by atoms with van der Waals surface area (Å²) in [7, 11) is 0. The summed E-state index contributed by atoms with van der Waals surface area (Å²) in [5.74, 6) is 0.633. The Balaban J connectivity index is 1.34. The van der Waals surface area contributed by atoms with E-state index < -0.39 is 0 Å². The fraction of sp³-hybridized carbons (Fsp3) is 0.750. The van der Waals surface area contributed by atoms with Crippen molar-refractivity contribution in [2.24, 2.45) is 5.92 Å². The Bertz CT molecular complexity index is 698. The van der Waals surface area contributed by atoms with E-state index in [2.05, 4.69) is 22.1 Å². The van der Waals surface area contributed by atoms with Crippen LogP contribution in [-0.4, -0.2) is 65.4 Å². The maximum absolute atomic E-state index is 12.7. The molecule has 2 aliphatic heterocycles. The van der Waals surface area contributed by atoms with Crippen molar-refractivity contribution in [3.63, 3.8) is 0 Å². The SMILES string of the molecule is Cc1cc(C)c(C(=O)N2CCC(CC(=O)NCC[C@@H](C)N3CCCCCC3)CC2)[nH]1. The third-order valence-electron chi connectivity index (χ3n) is 6.89. The van der Waals surface area contributed by atoms with Gasteiger partial charge >= 0.3 is 0 Å². The van der Waals surface area contributed by atoms with E-state index in [1.807, 2.05) is 24.8 Å². The zero-order valence-electron chi connectivity index (χ0n) is 19.1. The van der Waals surface area contributed by atoms with E-state index >= 15 is 0 Å². The van der Waals surface area contributed by atoms with Crippen molar-refractivity contribution < 1.29 is 9.59 Å². The summed E-state index contributed by atoms with van der Waals surface area (Å²) < 4.78 is 0. The van der Waals surface area contributed by atoms with Crippen LogP contribution in [0.5, 0.6) is 0 Å². The lowest BCUT2D eigenvalue weighted by atomic mass is 9.93. The normalized spacial score (nSPS) is 20.0. The molecule has 1 aromatic heterocycles. The van der Waals surface area contributed by atoms with Gasteiger partial charge in [-0.25, -0.2) is 0 Å². The molecule has 2 N–H and O–H groups in total. The van der Waals surface area contributed by atoms with E-state index in [9.17, 15) is 9.59 Å². The van der Waals surface area contributed by atoms with Gasteiger partial charge in [-0.1, -0.05) is 12.8 Å². The topological polar surface area (TPSA) is 68.4 Å². The first-order chi connectivity index (χ1) is 14.4. The van der Waals surface area contributed by atoms with Crippen molar-refractivity contribution >= 4 is 11.8 Å². The Morgan fingerprint density at radius 1 is 1.10 bits per heavy atom. The van der Waals surface area contributed by atoms with Gasteiger partial charge in [0.25, 0.3) is 5.91 Å². The second kappa shape index (κ2) is 11.0. The molecule has 2 aliphatic rings. The van der Waals surface area contributed by atoms with Crippen LogP contribution in [0.4, 0.5) is 0 Å². The van der Waals surface area contributed by atoms with E-state index in [1.165, 1.54) is 38.8 Å². The zero-order valence-corrected chi connectivity index (χ0v) is 19.1. The number of carbonyl (C=O) groups is 2. The average molecular weight is 417 g/mol. The number of amides is 2. The van der Waals surface area contributed by atoms with Gasteiger partial charge in [0.2, 0.25) is 5.91 Å². The number of aryl methyl sites for hydroxylation is 2. The van der Waals surface area contributed by atoms with Gasteiger partial charge in [-0.2, -0.15) is 0 Å². The minimum Gasteiger partial charge on any atom is -0.356 e. The molecule has 0 spiro atoms. The lowest BCUT2D eigenvalue weighted by Crippen LogP contribution is -2.40. The van der Waals surface area contributed by atoms with Crippen LogP contribution in [0.1, 0.15) is 80.0 Å². The molecule has 0 radical (unpaired) electrons. The van der Waals surface area contributed by atoms with Crippen LogP contribution in [0.2, 0.25) is 0 Å². The molecule has 0 aromatic carbocycles. The molecule has 0 unspecified atom stereocenters. The number of hydrogen-bond donors (Lipinski definition) is 2. The number of rotatable bonds is 7. The maximum Gasteiger partial charge on any atom is 0.270 e. The van der Waals surface area contributed by atoms with Crippen molar-refractivity contribution in [1.29, 1.82) is 0 Å². The van der Waals surface area contributed by atoms with Gasteiger partial charge < -0.3 is 20.1 Å². The van der Waals surface area contributed by atoms with Gasteiger partial charge in [0, 0.05) is 37.8 Å². The number of aromatic amines is 1. The second-order valence-electron chi connectivity index (χ2n) is 9.39. The third-order valence-corrected chi connectivity index (χ3v) is 6.89. The van der Waals surface area contributed by atoms with Crippen LogP contribution in [-0.2, 0) is 4.79 Å². The van der Waals surface area contributed by atoms with Crippen molar-refractivity contribution in [2.45, 2.75) is 78.2 Å². The molecule has 2 amide bonds. The number of hydrogen-bond acceptors (Lipinski definition) is 3. The van der Waals surface area contributed by atoms with Crippen LogP contribution in [0.25, 0.3) is 0 Å². The molecular formula is C24H40N4O2. The highest BCUT2D eigenvalue weighted by Crippen LogP contribution is 2.23. The van der Waals surface area contributed by atoms with E-state index in [1.54, 1.807) is 0 Å². The predicted octanol–water partition coefficient (Wildman–Crippen LogP) is 3.64. The predicted molar refractivity (Wildman–Crippen MR) is 121 cm³/mol. The van der Waals surface area contributed by atoms with Gasteiger partial charge in [-0.15, -0.1) is 0 Å². The monoisotopic (exact) mass is 416 g/mol. The minimum absolute atomic E-state index is 0.0889. The van der Waals surface area contributed by atoms with Crippen LogP contribution < -0.4 is 5.32 Å². The minimum atomic E-state index is 0.0889. The molecule has 0 saturated carbocycles. The highest BCUT2D eigenvalue weighted by Gasteiger charge is 2.26. The number of likely N-dealkylation sites (tertiary alicyclic amines) is 2. The zero-order chi connectivity index (χ0) is 21.5. The number of nitrogens with zero attached hydrogens (tertiary/aromatic N) is 2. The summed E-state index contributed by atoms with van der Waals surface area (Å²) in [5, 5.41) is 3.13. The average Bonchev–Trinajstić information content (AvgIpc) is 2.91. The summed E-state index contributed by atoms with van der Waals surface area (Å²) in [6.07, 6.45) is 8.74. The third kappa shape index (κ3) is 6.34. The molecule has 0 aliphatic carbocycles. The molecule has 3 rings (SSSR count). The highest BCUT2D eigenvalue weighted by molar-refractivity contribution is 5.94. The standard InChI is InChI=1S/C24H40N4O2/c1-18-16-19(2)26-23(18)24(30)28-14-9-21(10-15-28)17-22(29)25-11-8-20(3)27-12-6-4-5-7-13-27/h16,20-21,26H,4-15,17H2,1-3H3,(H,25,29)/t20-/m1/s1. The molecule has 6 heteroatoms. The Morgan fingerprint density at radius 2 is 1.77 bits per heavy atom. The molecule has 1 aromatic rings. The van der Waals surface area contributed by atoms with Gasteiger partial charge in [-0.3, -0.25) is 9.59 Å². The van der Waals surface area contributed by atoms with Gasteiger partial charge in [0.15, 0.2) is 0 Å². The Morgan fingerprint density at radius 3 is 2.37 bits per heavy atom. The summed E-state index contributed by atoms with van der Waals surface area (Å²) in [5.41, 5.74) is 2.74. The number of H-pyrrole nitrogens is 1. The van der Waals surface area contributed by atoms with Crippen LogP contribution in [0.3, 0.4) is 0 Å². The van der Waals surface area contributed by atoms with Crippen LogP contribution >= 0.6 is 0 Å². The fourth-order valence-electron chi connectivity index (χ4n) is 4.92. The number of carbonyl (C=O) groups excluding carboxylic acids is 2. The summed E-state index contributed by atoms with van der Waals surface area (Å²) in [6.45, 7) is 10.9. The summed E-state index contributed by atoms with van der Waals surface area (Å²) >= 11 is 0. The first-order valence-corrected chi connectivity index (χ1v) is 11.9. The molecule has 1 atom stereocenters. The number of piperidine rings is 1. The first-order valence-electron chi connectivity index (χ1n) is 11.9. The maximum atomic E-state index is 12.7. The van der Waals surface area contributed by atoms with Gasteiger partial charge in [-0.05, 0) is 83.5 Å². The quantitative estimate of drug-likeness (QED) is 0.713. The molecule has 168 valence electrons. The highest BCUT2D eigenvalue weighted by atomic mass is 16.2. The second-order valence-corrected chi connectivity index (χ2v) is 9.39. The Hall–Kier alpha value is -1.82. The van der Waals surface area contributed by atoms with Crippen molar-refractivity contribution in [2.75, 3.05) is 32.7 Å². The molecule has 30 heavy (non-hydrogen) atoms. The van der Waals surface area contributed by atoms with Crippen LogP contribution in [0.15, 0.2) is 6.07 Å². The lowest BCUT2D eigenvalue weighted by molar-refractivity contribution is -0.122. The fourth-order valence-corrected chi connectivity index (χ4v) is 4.92. The van der Waals surface area contributed by atoms with Crippen LogP contribution in [0, 0.1) is 19.8 Å². The molecule has 2 saturated heterocycles. The molecule has 6 nitrogen and oxygen atoms in total. The van der Waals surface area contributed by atoms with Crippen molar-refractivity contribution in [3.8, 4) is 0 Å². The van der Waals surface area contributed by atoms with E-state index in [-0.39, 0.29) is 11.8 Å². The number of nitrogens with one attached hydrogen (secondary N) is 2.